The second kappa shape index (κ2) is 43.9. The molecule has 0 amide bonds. The van der Waals surface area contributed by atoms with Crippen molar-refractivity contribution in [2.75, 3.05) is 47.5 Å². The van der Waals surface area contributed by atoms with Crippen LogP contribution in [0.1, 0.15) is 162 Å². The summed E-state index contributed by atoms with van der Waals surface area (Å²) in [6.45, 7) is 4.00. The lowest BCUT2D eigenvalue weighted by atomic mass is 10.1. The van der Waals surface area contributed by atoms with Crippen LogP contribution >= 0.6 is 7.82 Å². The summed E-state index contributed by atoms with van der Waals surface area (Å²) in [4.78, 5) is 37.6. The number of phosphoric ester groups is 1. The highest BCUT2D eigenvalue weighted by atomic mass is 31.2. The van der Waals surface area contributed by atoms with Gasteiger partial charge in [0.05, 0.1) is 27.7 Å². The van der Waals surface area contributed by atoms with Gasteiger partial charge in [0.2, 0.25) is 0 Å². The zero-order valence-electron chi connectivity index (χ0n) is 40.2. The number of unbranched alkanes of at least 4 members (excludes halogenated alkanes) is 10. The normalized spacial score (nSPS) is 14.4. The lowest BCUT2D eigenvalue weighted by Crippen LogP contribution is -2.37. The van der Waals surface area contributed by atoms with Crippen LogP contribution in [0.4, 0.5) is 0 Å². The van der Waals surface area contributed by atoms with Crippen LogP contribution in [0.15, 0.2) is 109 Å². The van der Waals surface area contributed by atoms with Gasteiger partial charge < -0.3 is 27.9 Å². The van der Waals surface area contributed by atoms with Gasteiger partial charge in [0, 0.05) is 12.8 Å². The molecule has 9 nitrogen and oxygen atoms in total. The first-order chi connectivity index (χ1) is 30.5. The minimum absolute atomic E-state index is 0.0471. The summed E-state index contributed by atoms with van der Waals surface area (Å²) in [5.41, 5.74) is 0. The van der Waals surface area contributed by atoms with Crippen molar-refractivity contribution >= 4 is 19.8 Å². The number of carbonyl (C=O) groups excluding carboxylic acids is 2. The first kappa shape index (κ1) is 59.7. The van der Waals surface area contributed by atoms with Crippen molar-refractivity contribution in [1.29, 1.82) is 0 Å². The molecule has 2 atom stereocenters. The zero-order valence-corrected chi connectivity index (χ0v) is 41.1. The van der Waals surface area contributed by atoms with E-state index in [2.05, 4.69) is 123 Å². The van der Waals surface area contributed by atoms with Crippen molar-refractivity contribution in [3.63, 3.8) is 0 Å². The molecule has 0 aromatic heterocycles. The molecule has 0 rings (SSSR count). The van der Waals surface area contributed by atoms with Gasteiger partial charge in [-0.25, -0.2) is 0 Å². The van der Waals surface area contributed by atoms with Crippen LogP contribution in [0.5, 0.6) is 0 Å². The molecule has 0 spiro atoms. The quantitative estimate of drug-likeness (QED) is 0.0196. The fourth-order valence-electron chi connectivity index (χ4n) is 5.78. The molecular weight excluding hydrogens is 810 g/mol. The highest BCUT2D eigenvalue weighted by Crippen LogP contribution is 2.38. The minimum atomic E-state index is -4.65. The summed E-state index contributed by atoms with van der Waals surface area (Å²) in [6, 6.07) is 0. The molecule has 0 aliphatic carbocycles. The molecule has 0 saturated heterocycles. The van der Waals surface area contributed by atoms with Gasteiger partial charge in [-0.05, 0) is 103 Å². The molecule has 2 unspecified atom stereocenters. The van der Waals surface area contributed by atoms with Gasteiger partial charge in [-0.3, -0.25) is 14.2 Å². The van der Waals surface area contributed by atoms with Gasteiger partial charge in [0.15, 0.2) is 6.10 Å². The molecule has 0 aromatic rings. The van der Waals surface area contributed by atoms with E-state index in [-0.39, 0.29) is 26.1 Å². The van der Waals surface area contributed by atoms with Crippen molar-refractivity contribution in [2.45, 2.75) is 168 Å². The number of allylic oxidation sites excluding steroid dienone is 18. The Kier molecular flexibility index (Phi) is 41.6. The molecule has 10 heteroatoms. The monoisotopic (exact) mass is 898 g/mol. The Bertz CT molecular complexity index is 1430. The Balaban J connectivity index is 4.39. The van der Waals surface area contributed by atoms with Crippen molar-refractivity contribution < 1.29 is 42.1 Å². The molecular formula is C53H88NO8P. The average Bonchev–Trinajstić information content (AvgIpc) is 3.24. The van der Waals surface area contributed by atoms with Crippen LogP contribution in [-0.4, -0.2) is 70.0 Å². The number of rotatable bonds is 42. The predicted octanol–water partition coefficient (Wildman–Crippen LogP) is 13.7. The van der Waals surface area contributed by atoms with Crippen molar-refractivity contribution in [2.24, 2.45) is 0 Å². The van der Waals surface area contributed by atoms with Crippen LogP contribution in [0.25, 0.3) is 0 Å². The van der Waals surface area contributed by atoms with Crippen molar-refractivity contribution in [1.82, 2.24) is 0 Å². The molecule has 0 radical (unpaired) electrons. The summed E-state index contributed by atoms with van der Waals surface area (Å²) in [6.07, 6.45) is 59.8. The van der Waals surface area contributed by atoms with E-state index in [1.807, 2.05) is 21.1 Å². The molecule has 0 saturated carbocycles. The van der Waals surface area contributed by atoms with E-state index in [0.717, 1.165) is 103 Å². The van der Waals surface area contributed by atoms with E-state index in [9.17, 15) is 19.0 Å². The number of hydrogen-bond donors (Lipinski definition) is 0. The summed E-state index contributed by atoms with van der Waals surface area (Å²) in [5, 5.41) is 0. The Hall–Kier alpha value is -3.33. The van der Waals surface area contributed by atoms with Crippen LogP contribution < -0.4 is 4.89 Å². The van der Waals surface area contributed by atoms with E-state index in [1.54, 1.807) is 0 Å². The second-order valence-corrected chi connectivity index (χ2v) is 18.1. The number of hydrogen-bond acceptors (Lipinski definition) is 8. The maximum atomic E-state index is 12.7. The van der Waals surface area contributed by atoms with E-state index in [0.29, 0.717) is 23.9 Å². The minimum Gasteiger partial charge on any atom is -0.756 e. The summed E-state index contributed by atoms with van der Waals surface area (Å²) < 4.78 is 33.9. The van der Waals surface area contributed by atoms with Gasteiger partial charge >= 0.3 is 11.9 Å². The lowest BCUT2D eigenvalue weighted by molar-refractivity contribution is -0.870. The molecule has 0 aliphatic heterocycles. The third-order valence-corrected chi connectivity index (χ3v) is 10.5. The number of phosphoric acid groups is 1. The fraction of sp³-hybridized carbons (Fsp3) is 0.623. The first-order valence-electron chi connectivity index (χ1n) is 24.1. The molecule has 0 bridgehead atoms. The van der Waals surface area contributed by atoms with E-state index >= 15 is 0 Å². The van der Waals surface area contributed by atoms with Gasteiger partial charge in [-0.1, -0.05) is 155 Å². The summed E-state index contributed by atoms with van der Waals surface area (Å²) >= 11 is 0. The van der Waals surface area contributed by atoms with Crippen LogP contribution in [0, 0.1) is 0 Å². The van der Waals surface area contributed by atoms with Gasteiger partial charge in [0.1, 0.15) is 19.8 Å². The van der Waals surface area contributed by atoms with E-state index in [1.165, 1.54) is 19.3 Å². The highest BCUT2D eigenvalue weighted by Gasteiger charge is 2.21. The first-order valence-corrected chi connectivity index (χ1v) is 25.6. The number of nitrogens with zero attached hydrogens (tertiary/aromatic N) is 1. The Morgan fingerprint density at radius 2 is 0.905 bits per heavy atom. The molecule has 0 aliphatic rings. The second-order valence-electron chi connectivity index (χ2n) is 16.7. The van der Waals surface area contributed by atoms with Crippen molar-refractivity contribution in [3.05, 3.63) is 109 Å². The maximum Gasteiger partial charge on any atom is 0.306 e. The summed E-state index contributed by atoms with van der Waals surface area (Å²) in [7, 11) is 1.11. The smallest absolute Gasteiger partial charge is 0.306 e. The third kappa shape index (κ3) is 48.0. The standard InChI is InChI=1S/C53H88NO8P/c1-6-8-10-12-14-16-18-20-21-22-23-24-25-26-27-28-29-30-31-32-33-34-36-38-40-42-44-46-53(56)62-51(50-61-63(57,58)60-48-47-54(3,4)5)49-59-52(55)45-43-41-39-37-35-19-17-15-13-11-9-7-2/h8,10,14-17,20-21,23-24,26-27,29-30,32-33,36,38,51H,6-7,9,11-13,18-19,22,25,28,31,34-35,37,39-50H2,1-5H3/b10-8-,16-14-,17-15-,21-20-,24-23-,27-26-,30-29-,33-32-,38-36-. The molecule has 0 fully saturated rings. The Morgan fingerprint density at radius 1 is 0.508 bits per heavy atom. The van der Waals surface area contributed by atoms with Gasteiger partial charge in [0.25, 0.3) is 7.82 Å². The number of likely N-dealkylation sites (N-methyl/N-ethyl adjacent to an activating group) is 1. The molecule has 0 aromatic carbocycles. The topological polar surface area (TPSA) is 111 Å². The Labute approximate surface area is 385 Å². The average molecular weight is 898 g/mol. The molecule has 0 heterocycles. The molecule has 358 valence electrons. The van der Waals surface area contributed by atoms with Gasteiger partial charge in [-0.15, -0.1) is 0 Å². The predicted molar refractivity (Wildman–Crippen MR) is 263 cm³/mol. The fourth-order valence-corrected chi connectivity index (χ4v) is 6.51. The number of carbonyl (C=O) groups is 2. The SMILES string of the molecule is CC/C=C\C/C=C\C/C=C\C/C=C\C/C=C\C/C=C\C/C=C\C/C=C\CCCCC(=O)OC(COC(=O)CCCCCCC/C=C\CCCCC)COP(=O)([O-])OCC[N+](C)(C)C. The number of quaternary nitrogens is 1. The molecule has 0 N–H and O–H groups in total. The maximum absolute atomic E-state index is 12.7. The van der Waals surface area contributed by atoms with Crippen LogP contribution in [0.3, 0.4) is 0 Å². The van der Waals surface area contributed by atoms with Crippen molar-refractivity contribution in [3.8, 4) is 0 Å². The largest absolute Gasteiger partial charge is 0.756 e. The Morgan fingerprint density at radius 3 is 1.40 bits per heavy atom. The van der Waals surface area contributed by atoms with Crippen LogP contribution in [0.2, 0.25) is 0 Å². The number of ether oxygens (including phenoxy) is 2. The molecule has 63 heavy (non-hydrogen) atoms. The lowest BCUT2D eigenvalue weighted by Gasteiger charge is -2.28. The number of esters is 2. The summed E-state index contributed by atoms with van der Waals surface area (Å²) in [5.74, 6) is -0.908. The zero-order chi connectivity index (χ0) is 46.4. The van der Waals surface area contributed by atoms with Crippen LogP contribution in [-0.2, 0) is 32.7 Å². The third-order valence-electron chi connectivity index (χ3n) is 9.53. The highest BCUT2D eigenvalue weighted by molar-refractivity contribution is 7.45. The van der Waals surface area contributed by atoms with E-state index in [4.69, 9.17) is 18.5 Å². The van der Waals surface area contributed by atoms with E-state index < -0.39 is 32.5 Å². The van der Waals surface area contributed by atoms with Gasteiger partial charge in [-0.2, -0.15) is 0 Å².